The summed E-state index contributed by atoms with van der Waals surface area (Å²) in [5, 5.41) is 15.3. The van der Waals surface area contributed by atoms with Gasteiger partial charge in [-0.2, -0.15) is 0 Å². The van der Waals surface area contributed by atoms with Crippen LogP contribution in [0.4, 0.5) is 4.79 Å². The Morgan fingerprint density at radius 3 is 1.67 bits per heavy atom. The maximum atomic E-state index is 8.44. The second kappa shape index (κ2) is 8.97. The van der Waals surface area contributed by atoms with E-state index in [1.807, 2.05) is 0 Å². The molecule has 0 fully saturated rings. The SMILES string of the molecule is N.O=C([O-])O.[Na+]. The Morgan fingerprint density at radius 1 is 1.67 bits per heavy atom. The first-order valence-corrected chi connectivity index (χ1v) is 0.632. The van der Waals surface area contributed by atoms with Gasteiger partial charge in [-0.05, 0) is 0 Å². The zero-order valence-corrected chi connectivity index (χ0v) is 5.47. The van der Waals surface area contributed by atoms with Crippen molar-refractivity contribution in [2.75, 3.05) is 0 Å². The van der Waals surface area contributed by atoms with Crippen LogP contribution in [-0.2, 0) is 0 Å². The first kappa shape index (κ1) is 16.3. The molecule has 0 aliphatic heterocycles. The van der Waals surface area contributed by atoms with Gasteiger partial charge in [-0.15, -0.1) is 0 Å². The minimum absolute atomic E-state index is 0. The van der Waals surface area contributed by atoms with Gasteiger partial charge in [0.05, 0.1) is 0 Å². The van der Waals surface area contributed by atoms with Crippen molar-refractivity contribution in [2.24, 2.45) is 0 Å². The molecule has 0 heterocycles. The molecule has 0 aliphatic carbocycles. The molecule has 0 unspecified atom stereocenters. The van der Waals surface area contributed by atoms with E-state index in [9.17, 15) is 0 Å². The minimum atomic E-state index is -2.08. The van der Waals surface area contributed by atoms with E-state index in [4.69, 9.17) is 15.0 Å². The molecule has 0 bridgehead atoms. The van der Waals surface area contributed by atoms with Crippen LogP contribution < -0.4 is 40.8 Å². The zero-order valence-electron chi connectivity index (χ0n) is 3.47. The second-order valence-corrected chi connectivity index (χ2v) is 0.266. The van der Waals surface area contributed by atoms with Crippen molar-refractivity contribution >= 4 is 6.16 Å². The summed E-state index contributed by atoms with van der Waals surface area (Å²) >= 11 is 0. The van der Waals surface area contributed by atoms with Crippen LogP contribution in [0.1, 0.15) is 0 Å². The van der Waals surface area contributed by atoms with Crippen LogP contribution in [0.5, 0.6) is 0 Å². The molecule has 0 atom stereocenters. The van der Waals surface area contributed by atoms with E-state index in [1.54, 1.807) is 0 Å². The summed E-state index contributed by atoms with van der Waals surface area (Å²) in [7, 11) is 0. The number of rotatable bonds is 0. The van der Waals surface area contributed by atoms with Crippen LogP contribution in [0.15, 0.2) is 0 Å². The summed E-state index contributed by atoms with van der Waals surface area (Å²) in [5.41, 5.74) is 0. The fraction of sp³-hybridized carbons (Fsp3) is 0. The summed E-state index contributed by atoms with van der Waals surface area (Å²) < 4.78 is 0. The van der Waals surface area contributed by atoms with Gasteiger partial charge in [-0.3, -0.25) is 0 Å². The summed E-state index contributed by atoms with van der Waals surface area (Å²) in [5.74, 6) is 0. The molecule has 32 valence electrons. The fourth-order valence-corrected chi connectivity index (χ4v) is 0. The monoisotopic (exact) mass is 101 g/mol. The van der Waals surface area contributed by atoms with E-state index in [0.29, 0.717) is 0 Å². The Morgan fingerprint density at radius 2 is 1.67 bits per heavy atom. The van der Waals surface area contributed by atoms with Gasteiger partial charge in [0.15, 0.2) is 0 Å². The third-order valence-electron chi connectivity index (χ3n) is 0. The smallest absolute Gasteiger partial charge is 0.565 e. The van der Waals surface area contributed by atoms with Crippen molar-refractivity contribution in [1.82, 2.24) is 6.15 Å². The predicted octanol–water partition coefficient (Wildman–Crippen LogP) is -3.95. The number of hydrogen-bond donors (Lipinski definition) is 2. The Balaban J connectivity index is -0.0000000450. The van der Waals surface area contributed by atoms with Gasteiger partial charge < -0.3 is 21.2 Å². The molecule has 0 aromatic heterocycles. The maximum Gasteiger partial charge on any atom is 1.00 e. The molecule has 0 spiro atoms. The van der Waals surface area contributed by atoms with E-state index < -0.39 is 6.16 Å². The van der Waals surface area contributed by atoms with Crippen LogP contribution in [-0.4, -0.2) is 11.3 Å². The van der Waals surface area contributed by atoms with E-state index >= 15 is 0 Å². The molecular formula is CH4NNaO3. The third kappa shape index (κ3) is 834. The Hall–Kier alpha value is 0.230. The number of carbonyl (C=O) groups is 1. The Labute approximate surface area is 57.0 Å². The van der Waals surface area contributed by atoms with Crippen molar-refractivity contribution in [2.45, 2.75) is 0 Å². The molecule has 5 heteroatoms. The average molecular weight is 101 g/mol. The van der Waals surface area contributed by atoms with E-state index in [1.165, 1.54) is 0 Å². The third-order valence-corrected chi connectivity index (χ3v) is 0. The molecule has 4 nitrogen and oxygen atoms in total. The van der Waals surface area contributed by atoms with Gasteiger partial charge in [0.25, 0.3) is 0 Å². The molecule has 6 heavy (non-hydrogen) atoms. The molecule has 0 saturated carbocycles. The molecule has 0 aromatic rings. The van der Waals surface area contributed by atoms with Crippen LogP contribution in [0.3, 0.4) is 0 Å². The van der Waals surface area contributed by atoms with Crippen molar-refractivity contribution in [3.8, 4) is 0 Å². The maximum absolute atomic E-state index is 8.44. The van der Waals surface area contributed by atoms with Crippen LogP contribution in [0.25, 0.3) is 0 Å². The van der Waals surface area contributed by atoms with Crippen molar-refractivity contribution in [3.05, 3.63) is 0 Å². The molecule has 0 radical (unpaired) electrons. The standard InChI is InChI=1S/CH2O3.H3N.Na/c2-1(3)4;;/h(H2,2,3,4);1H3;/q;;+1/p-1. The molecule has 4 N–H and O–H groups in total. The normalized spacial score (nSPS) is 4.00. The van der Waals surface area contributed by atoms with Crippen molar-refractivity contribution < 1.29 is 44.6 Å². The van der Waals surface area contributed by atoms with Crippen LogP contribution in [0, 0.1) is 0 Å². The summed E-state index contributed by atoms with van der Waals surface area (Å²) in [6.07, 6.45) is -2.08. The van der Waals surface area contributed by atoms with Gasteiger partial charge in [-0.25, -0.2) is 0 Å². The largest absolute Gasteiger partial charge is 1.00 e. The molecule has 0 amide bonds. The quantitative estimate of drug-likeness (QED) is 0.304. The van der Waals surface area contributed by atoms with Gasteiger partial charge in [0.1, 0.15) is 0 Å². The first-order chi connectivity index (χ1) is 1.73. The van der Waals surface area contributed by atoms with Crippen molar-refractivity contribution in [1.29, 1.82) is 0 Å². The molecular weight excluding hydrogens is 97.0 g/mol. The van der Waals surface area contributed by atoms with E-state index in [2.05, 4.69) is 0 Å². The molecule has 0 aliphatic rings. The topological polar surface area (TPSA) is 95.4 Å². The van der Waals surface area contributed by atoms with Gasteiger partial charge in [-0.1, -0.05) is 0 Å². The van der Waals surface area contributed by atoms with Gasteiger partial charge >= 0.3 is 29.6 Å². The van der Waals surface area contributed by atoms with E-state index in [-0.39, 0.29) is 35.7 Å². The zero-order chi connectivity index (χ0) is 3.58. The summed E-state index contributed by atoms with van der Waals surface area (Å²) in [6.45, 7) is 0. The van der Waals surface area contributed by atoms with Crippen LogP contribution in [0.2, 0.25) is 0 Å². The molecule has 0 saturated heterocycles. The van der Waals surface area contributed by atoms with Crippen LogP contribution >= 0.6 is 0 Å². The minimum Gasteiger partial charge on any atom is -0.565 e. The first-order valence-electron chi connectivity index (χ1n) is 0.632. The van der Waals surface area contributed by atoms with Crippen molar-refractivity contribution in [3.63, 3.8) is 0 Å². The fourth-order valence-electron chi connectivity index (χ4n) is 0. The predicted molar refractivity (Wildman–Crippen MR) is 13.0 cm³/mol. The average Bonchev–Trinajstić information content (AvgIpc) is 0.811. The second-order valence-electron chi connectivity index (χ2n) is 0.266. The van der Waals surface area contributed by atoms with Gasteiger partial charge in [0.2, 0.25) is 6.16 Å². The molecule has 0 aromatic carbocycles. The summed E-state index contributed by atoms with van der Waals surface area (Å²) in [4.78, 5) is 8.44. The number of carboxylic acid groups (broad SMARTS) is 2. The van der Waals surface area contributed by atoms with Gasteiger partial charge in [0, 0.05) is 0 Å². The Kier molecular flexibility index (Phi) is 24.4. The summed E-state index contributed by atoms with van der Waals surface area (Å²) in [6, 6.07) is 0. The molecule has 0 rings (SSSR count). The Bertz CT molecular complexity index is 33.8. The number of hydrogen-bond acceptors (Lipinski definition) is 3. The van der Waals surface area contributed by atoms with E-state index in [0.717, 1.165) is 0 Å².